The van der Waals surface area contributed by atoms with Gasteiger partial charge in [0.1, 0.15) is 0 Å². The highest BCUT2D eigenvalue weighted by atomic mass is 32.2. The molecule has 0 atom stereocenters. The second-order valence-corrected chi connectivity index (χ2v) is 10.8. The van der Waals surface area contributed by atoms with Crippen LogP contribution in [-0.2, 0) is 22.3 Å². The molecule has 0 spiro atoms. The predicted octanol–water partition coefficient (Wildman–Crippen LogP) is 3.49. The number of nitrogens with one attached hydrogen (secondary N) is 2. The van der Waals surface area contributed by atoms with Crippen LogP contribution in [0.25, 0.3) is 0 Å². The van der Waals surface area contributed by atoms with E-state index in [9.17, 15) is 23.3 Å². The molecular weight excluding hydrogens is 472 g/mol. The first kappa shape index (κ1) is 23.9. The van der Waals surface area contributed by atoms with Gasteiger partial charge < -0.3 is 5.32 Å². The molecule has 0 unspecified atom stereocenters. The van der Waals surface area contributed by atoms with Crippen LogP contribution in [0.15, 0.2) is 57.1 Å². The zero-order chi connectivity index (χ0) is 23.3. The lowest BCUT2D eigenvalue weighted by Gasteiger charge is -2.08. The van der Waals surface area contributed by atoms with E-state index < -0.39 is 20.9 Å². The smallest absolute Gasteiger partial charge is 0.284 e. The fourth-order valence-electron chi connectivity index (χ4n) is 2.69. The summed E-state index contributed by atoms with van der Waals surface area (Å²) in [5.74, 6) is -0.582. The van der Waals surface area contributed by atoms with Crippen molar-refractivity contribution in [1.29, 1.82) is 0 Å². The number of nitrogens with zero attached hydrogens (tertiary/aromatic N) is 2. The lowest BCUT2D eigenvalue weighted by Crippen LogP contribution is -2.23. The molecule has 2 N–H and O–H groups in total. The van der Waals surface area contributed by atoms with E-state index in [2.05, 4.69) is 15.0 Å². The Morgan fingerprint density at radius 3 is 2.47 bits per heavy atom. The van der Waals surface area contributed by atoms with Crippen molar-refractivity contribution < 1.29 is 18.1 Å². The number of aryl methyl sites for hydroxylation is 1. The van der Waals surface area contributed by atoms with Crippen molar-refractivity contribution in [1.82, 2.24) is 15.0 Å². The Bertz CT molecular complexity index is 1240. The molecule has 0 saturated heterocycles. The van der Waals surface area contributed by atoms with Gasteiger partial charge in [-0.3, -0.25) is 14.9 Å². The second kappa shape index (κ2) is 10.2. The number of hydrogen-bond acceptors (Lipinski definition) is 8. The average molecular weight is 493 g/mol. The third kappa shape index (κ3) is 6.36. The SMILES string of the molecule is CNS(=O)(=O)Cc1ccc(CNC(=O)c2ccc(Sc3nc(C)cs3)c([N+](=O)[O-])c2)cc1. The summed E-state index contributed by atoms with van der Waals surface area (Å²) < 4.78 is 26.2. The summed E-state index contributed by atoms with van der Waals surface area (Å²) in [6.07, 6.45) is 0. The van der Waals surface area contributed by atoms with Gasteiger partial charge in [0.05, 0.1) is 15.6 Å². The molecule has 9 nitrogen and oxygen atoms in total. The number of carbonyl (C=O) groups excluding carboxylic acids is 1. The molecule has 0 fully saturated rings. The van der Waals surface area contributed by atoms with Gasteiger partial charge in [-0.25, -0.2) is 18.1 Å². The summed E-state index contributed by atoms with van der Waals surface area (Å²) in [6.45, 7) is 2.04. The zero-order valence-electron chi connectivity index (χ0n) is 17.2. The Morgan fingerprint density at radius 2 is 1.88 bits per heavy atom. The number of benzene rings is 2. The second-order valence-electron chi connectivity index (χ2n) is 6.76. The normalized spacial score (nSPS) is 11.3. The first-order chi connectivity index (χ1) is 15.2. The monoisotopic (exact) mass is 492 g/mol. The standard InChI is InChI=1S/C20H20N4O5S3/c1-13-11-30-20(23-13)31-18-8-7-16(9-17(18)24(26)27)19(25)22-10-14-3-5-15(6-4-14)12-32(28,29)21-2/h3-9,11,21H,10,12H2,1-2H3,(H,22,25). The molecular formula is C20H20N4O5S3. The minimum Gasteiger partial charge on any atom is -0.348 e. The Morgan fingerprint density at radius 1 is 1.19 bits per heavy atom. The number of thiazole rings is 1. The van der Waals surface area contributed by atoms with E-state index in [1.807, 2.05) is 12.3 Å². The fraction of sp³-hybridized carbons (Fsp3) is 0.200. The third-order valence-electron chi connectivity index (χ3n) is 4.36. The van der Waals surface area contributed by atoms with Gasteiger partial charge in [-0.1, -0.05) is 36.0 Å². The van der Waals surface area contributed by atoms with E-state index in [4.69, 9.17) is 0 Å². The van der Waals surface area contributed by atoms with Crippen LogP contribution in [0.5, 0.6) is 0 Å². The molecule has 3 aromatic rings. The van der Waals surface area contributed by atoms with Gasteiger partial charge >= 0.3 is 0 Å². The Labute approximate surface area is 193 Å². The van der Waals surface area contributed by atoms with Crippen molar-refractivity contribution >= 4 is 44.7 Å². The van der Waals surface area contributed by atoms with Gasteiger partial charge in [-0.2, -0.15) is 0 Å². The molecule has 12 heteroatoms. The number of sulfonamides is 1. The largest absolute Gasteiger partial charge is 0.348 e. The summed E-state index contributed by atoms with van der Waals surface area (Å²) in [7, 11) is -2.00. The molecule has 0 radical (unpaired) electrons. The van der Waals surface area contributed by atoms with Crippen molar-refractivity contribution in [2.24, 2.45) is 0 Å². The summed E-state index contributed by atoms with van der Waals surface area (Å²) in [5.41, 5.74) is 2.24. The van der Waals surface area contributed by atoms with Crippen LogP contribution < -0.4 is 10.0 Å². The van der Waals surface area contributed by atoms with Crippen molar-refractivity contribution in [3.8, 4) is 0 Å². The molecule has 0 aliphatic heterocycles. The van der Waals surface area contributed by atoms with Gasteiger partial charge in [-0.15, -0.1) is 11.3 Å². The molecule has 3 rings (SSSR count). The number of nitro groups is 1. The molecule has 168 valence electrons. The van der Waals surface area contributed by atoms with Crippen molar-refractivity contribution in [2.45, 2.75) is 28.5 Å². The molecule has 1 heterocycles. The minimum absolute atomic E-state index is 0.134. The number of amides is 1. The van der Waals surface area contributed by atoms with Crippen LogP contribution in [0, 0.1) is 17.0 Å². The van der Waals surface area contributed by atoms with Crippen LogP contribution in [0.3, 0.4) is 0 Å². The highest BCUT2D eigenvalue weighted by Crippen LogP contribution is 2.36. The molecule has 0 saturated carbocycles. The van der Waals surface area contributed by atoms with E-state index in [1.165, 1.54) is 42.3 Å². The van der Waals surface area contributed by atoms with Gasteiger partial charge in [0, 0.05) is 29.2 Å². The summed E-state index contributed by atoms with van der Waals surface area (Å²) in [5, 5.41) is 16.1. The quantitative estimate of drug-likeness (QED) is 0.345. The topological polar surface area (TPSA) is 131 Å². The van der Waals surface area contributed by atoms with Crippen molar-refractivity contribution in [3.05, 3.63) is 80.3 Å². The van der Waals surface area contributed by atoms with E-state index in [0.29, 0.717) is 14.8 Å². The van der Waals surface area contributed by atoms with Crippen molar-refractivity contribution in [3.63, 3.8) is 0 Å². The van der Waals surface area contributed by atoms with Gasteiger partial charge in [-0.05, 0) is 37.2 Å². The van der Waals surface area contributed by atoms with E-state index in [1.54, 1.807) is 30.3 Å². The van der Waals surface area contributed by atoms with Gasteiger partial charge in [0.2, 0.25) is 10.0 Å². The molecule has 1 amide bonds. The number of rotatable bonds is 9. The Kier molecular flexibility index (Phi) is 7.61. The van der Waals surface area contributed by atoms with Crippen LogP contribution in [0.1, 0.15) is 27.2 Å². The zero-order valence-corrected chi connectivity index (χ0v) is 19.6. The van der Waals surface area contributed by atoms with Gasteiger partial charge in [0.25, 0.3) is 11.6 Å². The molecule has 2 aromatic carbocycles. The molecule has 32 heavy (non-hydrogen) atoms. The van der Waals surface area contributed by atoms with Crippen molar-refractivity contribution in [2.75, 3.05) is 7.05 Å². The number of hydrogen-bond donors (Lipinski definition) is 2. The number of carbonyl (C=O) groups is 1. The average Bonchev–Trinajstić information content (AvgIpc) is 3.17. The van der Waals surface area contributed by atoms with E-state index >= 15 is 0 Å². The van der Waals surface area contributed by atoms with Crippen LogP contribution in [-0.4, -0.2) is 31.3 Å². The molecule has 1 aromatic heterocycles. The summed E-state index contributed by atoms with van der Waals surface area (Å²) in [4.78, 5) is 28.2. The van der Waals surface area contributed by atoms with E-state index in [-0.39, 0.29) is 23.5 Å². The minimum atomic E-state index is -3.36. The first-order valence-corrected chi connectivity index (χ1v) is 12.7. The highest BCUT2D eigenvalue weighted by molar-refractivity contribution is 8.01. The first-order valence-electron chi connectivity index (χ1n) is 9.32. The molecule has 0 aliphatic carbocycles. The number of aromatic nitrogens is 1. The van der Waals surface area contributed by atoms with Gasteiger partial charge in [0.15, 0.2) is 4.34 Å². The number of nitro benzene ring substituents is 1. The fourth-order valence-corrected chi connectivity index (χ4v) is 5.34. The lowest BCUT2D eigenvalue weighted by atomic mass is 10.1. The maximum atomic E-state index is 12.5. The maximum Gasteiger partial charge on any atom is 0.284 e. The molecule has 0 bridgehead atoms. The van der Waals surface area contributed by atoms with Crippen LogP contribution in [0.2, 0.25) is 0 Å². The molecule has 0 aliphatic rings. The Hall–Kier alpha value is -2.80. The summed E-state index contributed by atoms with van der Waals surface area (Å²) >= 11 is 2.59. The van der Waals surface area contributed by atoms with E-state index in [0.717, 1.165) is 11.3 Å². The Balaban J connectivity index is 1.67. The summed E-state index contributed by atoms with van der Waals surface area (Å²) in [6, 6.07) is 11.1. The highest BCUT2D eigenvalue weighted by Gasteiger charge is 2.19. The third-order valence-corrected chi connectivity index (χ3v) is 7.81. The lowest BCUT2D eigenvalue weighted by molar-refractivity contribution is -0.387. The maximum absolute atomic E-state index is 12.5. The van der Waals surface area contributed by atoms with Crippen LogP contribution in [0.4, 0.5) is 5.69 Å². The predicted molar refractivity (Wildman–Crippen MR) is 123 cm³/mol. The van der Waals surface area contributed by atoms with Crippen LogP contribution >= 0.6 is 23.1 Å².